The minimum atomic E-state index is -0.337. The standard InChI is InChI=1S/C16H13ClFN5/c17-14-7-2-1-4-11(14)9-19-15-10-20-23-16(22-15)21-13-6-3-5-12(18)8-13/h1-8,10H,9H2,(H2,19,21,22,23). The molecule has 0 atom stereocenters. The van der Waals surface area contributed by atoms with Gasteiger partial charge in [0.05, 0.1) is 6.20 Å². The molecule has 2 aromatic carbocycles. The largest absolute Gasteiger partial charge is 0.364 e. The lowest BCUT2D eigenvalue weighted by molar-refractivity contribution is 0.628. The summed E-state index contributed by atoms with van der Waals surface area (Å²) in [6.07, 6.45) is 1.51. The van der Waals surface area contributed by atoms with Crippen LogP contribution in [0.1, 0.15) is 5.56 Å². The zero-order chi connectivity index (χ0) is 16.1. The summed E-state index contributed by atoms with van der Waals surface area (Å²) in [6.45, 7) is 0.512. The zero-order valence-corrected chi connectivity index (χ0v) is 12.8. The third-order valence-corrected chi connectivity index (χ3v) is 3.43. The Morgan fingerprint density at radius 1 is 1.09 bits per heavy atom. The quantitative estimate of drug-likeness (QED) is 0.740. The Kier molecular flexibility index (Phi) is 4.63. The molecule has 0 radical (unpaired) electrons. The van der Waals surface area contributed by atoms with Crippen molar-refractivity contribution in [3.05, 3.63) is 71.1 Å². The predicted octanol–water partition coefficient (Wildman–Crippen LogP) is 4.02. The van der Waals surface area contributed by atoms with Crippen LogP contribution < -0.4 is 10.6 Å². The minimum absolute atomic E-state index is 0.278. The number of aromatic nitrogens is 3. The summed E-state index contributed by atoms with van der Waals surface area (Å²) < 4.78 is 13.2. The van der Waals surface area contributed by atoms with Crippen molar-refractivity contribution in [1.29, 1.82) is 0 Å². The number of rotatable bonds is 5. The van der Waals surface area contributed by atoms with Crippen molar-refractivity contribution in [3.8, 4) is 0 Å². The van der Waals surface area contributed by atoms with E-state index in [4.69, 9.17) is 11.6 Å². The molecular formula is C16H13ClFN5. The summed E-state index contributed by atoms with van der Waals surface area (Å²) in [6, 6.07) is 13.6. The molecule has 0 aliphatic heterocycles. The van der Waals surface area contributed by atoms with Gasteiger partial charge in [0.1, 0.15) is 5.82 Å². The first-order valence-electron chi connectivity index (χ1n) is 6.90. The van der Waals surface area contributed by atoms with E-state index in [0.29, 0.717) is 23.1 Å². The molecule has 0 fully saturated rings. The Labute approximate surface area is 137 Å². The van der Waals surface area contributed by atoms with E-state index in [-0.39, 0.29) is 11.8 Å². The molecule has 2 N–H and O–H groups in total. The van der Waals surface area contributed by atoms with Gasteiger partial charge in [0.2, 0.25) is 5.95 Å². The van der Waals surface area contributed by atoms with Gasteiger partial charge < -0.3 is 10.6 Å². The summed E-state index contributed by atoms with van der Waals surface area (Å²) in [5, 5.41) is 14.5. The van der Waals surface area contributed by atoms with Gasteiger partial charge in [-0.3, -0.25) is 0 Å². The van der Waals surface area contributed by atoms with Crippen molar-refractivity contribution in [2.45, 2.75) is 6.54 Å². The average molecular weight is 330 g/mol. The molecule has 1 heterocycles. The minimum Gasteiger partial charge on any atom is -0.364 e. The molecule has 0 bridgehead atoms. The van der Waals surface area contributed by atoms with Crippen LogP contribution in [0.15, 0.2) is 54.7 Å². The maximum absolute atomic E-state index is 13.2. The fraction of sp³-hybridized carbons (Fsp3) is 0.0625. The van der Waals surface area contributed by atoms with Gasteiger partial charge in [-0.2, -0.15) is 10.1 Å². The molecule has 3 rings (SSSR count). The summed E-state index contributed by atoms with van der Waals surface area (Å²) in [5.41, 5.74) is 1.50. The Hall–Kier alpha value is -2.73. The molecule has 1 aromatic heterocycles. The molecule has 5 nitrogen and oxygen atoms in total. The van der Waals surface area contributed by atoms with E-state index in [1.165, 1.54) is 18.3 Å². The van der Waals surface area contributed by atoms with Crippen LogP contribution in [0, 0.1) is 5.82 Å². The monoisotopic (exact) mass is 329 g/mol. The summed E-state index contributed by atoms with van der Waals surface area (Å²) in [4.78, 5) is 4.28. The molecule has 0 aliphatic carbocycles. The van der Waals surface area contributed by atoms with Crippen molar-refractivity contribution in [3.63, 3.8) is 0 Å². The van der Waals surface area contributed by atoms with Crippen LogP contribution in [0.5, 0.6) is 0 Å². The van der Waals surface area contributed by atoms with Crippen LogP contribution >= 0.6 is 11.6 Å². The van der Waals surface area contributed by atoms with Crippen LogP contribution in [0.4, 0.5) is 21.8 Å². The molecule has 0 amide bonds. The molecule has 0 aliphatic rings. The molecule has 0 saturated carbocycles. The smallest absolute Gasteiger partial charge is 0.249 e. The number of nitrogens with one attached hydrogen (secondary N) is 2. The van der Waals surface area contributed by atoms with Crippen molar-refractivity contribution < 1.29 is 4.39 Å². The van der Waals surface area contributed by atoms with E-state index in [1.54, 1.807) is 12.1 Å². The fourth-order valence-corrected chi connectivity index (χ4v) is 2.17. The summed E-state index contributed by atoms with van der Waals surface area (Å²) in [5.74, 6) is 0.481. The molecule has 0 saturated heterocycles. The van der Waals surface area contributed by atoms with Crippen LogP contribution in [-0.4, -0.2) is 15.2 Å². The third-order valence-electron chi connectivity index (χ3n) is 3.06. The predicted molar refractivity (Wildman–Crippen MR) is 88.3 cm³/mol. The van der Waals surface area contributed by atoms with Crippen molar-refractivity contribution in [1.82, 2.24) is 15.2 Å². The molecular weight excluding hydrogens is 317 g/mol. The maximum atomic E-state index is 13.2. The van der Waals surface area contributed by atoms with E-state index in [9.17, 15) is 4.39 Å². The van der Waals surface area contributed by atoms with Crippen molar-refractivity contribution in [2.75, 3.05) is 10.6 Å². The maximum Gasteiger partial charge on any atom is 0.249 e. The van der Waals surface area contributed by atoms with Crippen LogP contribution in [0.25, 0.3) is 0 Å². The van der Waals surface area contributed by atoms with Gasteiger partial charge in [0.15, 0.2) is 5.82 Å². The molecule has 116 valence electrons. The van der Waals surface area contributed by atoms with E-state index in [0.717, 1.165) is 5.56 Å². The van der Waals surface area contributed by atoms with Gasteiger partial charge in [0, 0.05) is 17.3 Å². The highest BCUT2D eigenvalue weighted by Gasteiger charge is 2.04. The second-order valence-corrected chi connectivity index (χ2v) is 5.15. The number of benzene rings is 2. The van der Waals surface area contributed by atoms with E-state index < -0.39 is 0 Å². The molecule has 7 heteroatoms. The van der Waals surface area contributed by atoms with Crippen molar-refractivity contribution in [2.24, 2.45) is 0 Å². The summed E-state index contributed by atoms with van der Waals surface area (Å²) >= 11 is 6.11. The second-order valence-electron chi connectivity index (χ2n) is 4.75. The van der Waals surface area contributed by atoms with Crippen LogP contribution in [-0.2, 0) is 6.54 Å². The summed E-state index contributed by atoms with van der Waals surface area (Å²) in [7, 11) is 0. The zero-order valence-electron chi connectivity index (χ0n) is 12.0. The van der Waals surface area contributed by atoms with Gasteiger partial charge in [-0.1, -0.05) is 35.9 Å². The first-order chi connectivity index (χ1) is 11.2. The highest BCUT2D eigenvalue weighted by atomic mass is 35.5. The highest BCUT2D eigenvalue weighted by molar-refractivity contribution is 6.31. The van der Waals surface area contributed by atoms with Gasteiger partial charge in [0.25, 0.3) is 0 Å². The van der Waals surface area contributed by atoms with Crippen molar-refractivity contribution >= 4 is 29.1 Å². The Morgan fingerprint density at radius 3 is 2.78 bits per heavy atom. The van der Waals surface area contributed by atoms with E-state index in [1.807, 2.05) is 24.3 Å². The number of hydrogen-bond acceptors (Lipinski definition) is 5. The lowest BCUT2D eigenvalue weighted by atomic mass is 10.2. The third kappa shape index (κ3) is 4.14. The lowest BCUT2D eigenvalue weighted by Crippen LogP contribution is -2.06. The second kappa shape index (κ2) is 7.02. The average Bonchev–Trinajstić information content (AvgIpc) is 2.54. The number of anilines is 3. The van der Waals surface area contributed by atoms with Gasteiger partial charge in [-0.25, -0.2) is 4.39 Å². The Bertz CT molecular complexity index is 812. The lowest BCUT2D eigenvalue weighted by Gasteiger charge is -2.08. The van der Waals surface area contributed by atoms with Gasteiger partial charge in [-0.05, 0) is 29.8 Å². The number of halogens is 2. The molecule has 23 heavy (non-hydrogen) atoms. The van der Waals surface area contributed by atoms with Gasteiger partial charge >= 0.3 is 0 Å². The Morgan fingerprint density at radius 2 is 1.96 bits per heavy atom. The van der Waals surface area contributed by atoms with E-state index >= 15 is 0 Å². The van der Waals surface area contributed by atoms with Crippen LogP contribution in [0.3, 0.4) is 0 Å². The van der Waals surface area contributed by atoms with Crippen LogP contribution in [0.2, 0.25) is 5.02 Å². The first-order valence-corrected chi connectivity index (χ1v) is 7.28. The normalized spacial score (nSPS) is 10.3. The molecule has 0 unspecified atom stereocenters. The highest BCUT2D eigenvalue weighted by Crippen LogP contribution is 2.17. The fourth-order valence-electron chi connectivity index (χ4n) is 1.96. The van der Waals surface area contributed by atoms with Gasteiger partial charge in [-0.15, -0.1) is 5.10 Å². The number of nitrogens with zero attached hydrogens (tertiary/aromatic N) is 3. The molecule has 3 aromatic rings. The first kappa shape index (κ1) is 15.2. The SMILES string of the molecule is Fc1cccc(Nc2nncc(NCc3ccccc3Cl)n2)c1. The number of hydrogen-bond donors (Lipinski definition) is 2. The van der Waals surface area contributed by atoms with E-state index in [2.05, 4.69) is 25.8 Å². The topological polar surface area (TPSA) is 62.7 Å². The Balaban J connectivity index is 1.69. The molecule has 0 spiro atoms.